The lowest BCUT2D eigenvalue weighted by molar-refractivity contribution is 0.602. The van der Waals surface area contributed by atoms with Gasteiger partial charge in [-0.15, -0.1) is 5.10 Å². The molecule has 0 aliphatic carbocycles. The first-order chi connectivity index (χ1) is 15.2. The van der Waals surface area contributed by atoms with Gasteiger partial charge in [-0.05, 0) is 36.2 Å². The van der Waals surface area contributed by atoms with Crippen LogP contribution in [-0.2, 0) is 20.0 Å². The van der Waals surface area contributed by atoms with E-state index in [0.29, 0.717) is 18.0 Å². The number of benzene rings is 1. The monoisotopic (exact) mass is 431 g/mol. The summed E-state index contributed by atoms with van der Waals surface area (Å²) in [4.78, 5) is 13.5. The van der Waals surface area contributed by atoms with Crippen molar-refractivity contribution in [3.63, 3.8) is 0 Å². The van der Waals surface area contributed by atoms with Crippen molar-refractivity contribution in [2.45, 2.75) is 13.0 Å². The normalized spacial score (nSPS) is 11.2. The largest absolute Gasteiger partial charge is 0.309 e. The van der Waals surface area contributed by atoms with E-state index >= 15 is 0 Å². The second-order valence-corrected chi connectivity index (χ2v) is 7.43. The summed E-state index contributed by atoms with van der Waals surface area (Å²) in [6.45, 7) is 0.662. The highest BCUT2D eigenvalue weighted by Gasteiger charge is 2.10. The summed E-state index contributed by atoms with van der Waals surface area (Å²) >= 11 is 6.07. The maximum absolute atomic E-state index is 6.07. The summed E-state index contributed by atoms with van der Waals surface area (Å²) < 4.78 is 3.51. The van der Waals surface area contributed by atoms with Crippen molar-refractivity contribution < 1.29 is 0 Å². The standard InChI is InChI=1S/C21H18ClN9/c1-30-19(6-9-25-30)27-21-23-8-5-17(26-21)15-12-18-20(24-13-15)31(29-28-18)10-7-14-3-2-4-16(22)11-14/h2-6,8-9,11-13H,7,10H2,1H3,(H,23,26,27). The second kappa shape index (κ2) is 8.11. The minimum atomic E-state index is 0.478. The average molecular weight is 432 g/mol. The number of halogens is 1. The first-order valence-corrected chi connectivity index (χ1v) is 10.1. The highest BCUT2D eigenvalue weighted by Crippen LogP contribution is 2.22. The predicted octanol–water partition coefficient (Wildman–Crippen LogP) is 3.66. The molecule has 4 heterocycles. The molecule has 10 heteroatoms. The fraction of sp³-hybridized carbons (Fsp3) is 0.143. The third-order valence-corrected chi connectivity index (χ3v) is 5.10. The number of hydrogen-bond acceptors (Lipinski definition) is 7. The second-order valence-electron chi connectivity index (χ2n) is 6.99. The van der Waals surface area contributed by atoms with Crippen LogP contribution < -0.4 is 5.32 Å². The number of pyridine rings is 1. The average Bonchev–Trinajstić information content (AvgIpc) is 3.38. The smallest absolute Gasteiger partial charge is 0.228 e. The maximum atomic E-state index is 6.07. The van der Waals surface area contributed by atoms with Crippen molar-refractivity contribution in [2.75, 3.05) is 5.32 Å². The maximum Gasteiger partial charge on any atom is 0.228 e. The van der Waals surface area contributed by atoms with Crippen molar-refractivity contribution in [1.82, 2.24) is 39.7 Å². The lowest BCUT2D eigenvalue weighted by Gasteiger charge is -2.07. The molecule has 1 N–H and O–H groups in total. The summed E-state index contributed by atoms with van der Waals surface area (Å²) in [5.74, 6) is 1.28. The van der Waals surface area contributed by atoms with E-state index in [9.17, 15) is 0 Å². The van der Waals surface area contributed by atoms with Crippen LogP contribution in [0.2, 0.25) is 5.02 Å². The molecule has 4 aromatic heterocycles. The first kappa shape index (κ1) is 19.1. The van der Waals surface area contributed by atoms with Crippen molar-refractivity contribution in [3.05, 3.63) is 71.6 Å². The van der Waals surface area contributed by atoms with Crippen molar-refractivity contribution in [2.24, 2.45) is 7.05 Å². The summed E-state index contributed by atoms with van der Waals surface area (Å²) in [6, 6.07) is 13.4. The van der Waals surface area contributed by atoms with Gasteiger partial charge in [0.2, 0.25) is 5.95 Å². The molecule has 0 aliphatic rings. The summed E-state index contributed by atoms with van der Waals surface area (Å²) in [5.41, 5.74) is 4.16. The molecule has 1 aromatic carbocycles. The fourth-order valence-electron chi connectivity index (χ4n) is 3.27. The molecule has 0 spiro atoms. The fourth-order valence-corrected chi connectivity index (χ4v) is 3.48. The lowest BCUT2D eigenvalue weighted by atomic mass is 10.1. The summed E-state index contributed by atoms with van der Waals surface area (Å²) in [6.07, 6.45) is 5.97. The molecular formula is C21H18ClN9. The van der Waals surface area contributed by atoms with Crippen LogP contribution in [0.4, 0.5) is 11.8 Å². The molecule has 0 fully saturated rings. The highest BCUT2D eigenvalue weighted by molar-refractivity contribution is 6.30. The zero-order valence-electron chi connectivity index (χ0n) is 16.6. The number of aryl methyl sites for hydroxylation is 3. The van der Waals surface area contributed by atoms with E-state index < -0.39 is 0 Å². The Balaban J connectivity index is 1.37. The Labute approximate surface area is 182 Å². The minimum Gasteiger partial charge on any atom is -0.309 e. The zero-order chi connectivity index (χ0) is 21.2. The van der Waals surface area contributed by atoms with Gasteiger partial charge in [0, 0.05) is 42.6 Å². The molecule has 5 rings (SSSR count). The van der Waals surface area contributed by atoms with Gasteiger partial charge in [-0.3, -0.25) is 4.68 Å². The number of nitrogens with zero attached hydrogens (tertiary/aromatic N) is 8. The van der Waals surface area contributed by atoms with Crippen LogP contribution in [0.5, 0.6) is 0 Å². The predicted molar refractivity (Wildman–Crippen MR) is 118 cm³/mol. The van der Waals surface area contributed by atoms with Gasteiger partial charge in [0.1, 0.15) is 11.3 Å². The quantitative estimate of drug-likeness (QED) is 0.438. The van der Waals surface area contributed by atoms with Crippen LogP contribution in [-0.4, -0.2) is 39.7 Å². The molecule has 0 unspecified atom stereocenters. The summed E-state index contributed by atoms with van der Waals surface area (Å²) in [5, 5.41) is 16.6. The SMILES string of the molecule is Cn1nccc1Nc1nccc(-c2cnc3c(c2)nnn3CCc2cccc(Cl)c2)n1. The van der Waals surface area contributed by atoms with Gasteiger partial charge in [-0.25, -0.2) is 19.6 Å². The van der Waals surface area contributed by atoms with Crippen LogP contribution in [0.25, 0.3) is 22.4 Å². The van der Waals surface area contributed by atoms with E-state index in [-0.39, 0.29) is 0 Å². The first-order valence-electron chi connectivity index (χ1n) is 9.68. The van der Waals surface area contributed by atoms with Crippen molar-refractivity contribution in [3.8, 4) is 11.3 Å². The van der Waals surface area contributed by atoms with Crippen LogP contribution in [0.1, 0.15) is 5.56 Å². The number of anilines is 2. The van der Waals surface area contributed by atoms with Gasteiger partial charge in [0.15, 0.2) is 5.65 Å². The lowest BCUT2D eigenvalue weighted by Crippen LogP contribution is -2.04. The molecular weight excluding hydrogens is 414 g/mol. The molecule has 9 nitrogen and oxygen atoms in total. The highest BCUT2D eigenvalue weighted by atomic mass is 35.5. The van der Waals surface area contributed by atoms with E-state index in [2.05, 4.69) is 35.7 Å². The molecule has 0 bridgehead atoms. The summed E-state index contributed by atoms with van der Waals surface area (Å²) in [7, 11) is 1.85. The third kappa shape index (κ3) is 4.08. The van der Waals surface area contributed by atoms with Gasteiger partial charge in [0.05, 0.1) is 11.9 Å². The van der Waals surface area contributed by atoms with E-state index in [0.717, 1.165) is 39.7 Å². The number of hydrogen-bond donors (Lipinski definition) is 1. The third-order valence-electron chi connectivity index (χ3n) is 4.87. The molecule has 154 valence electrons. The Kier molecular flexibility index (Phi) is 5.01. The molecule has 0 atom stereocenters. The van der Waals surface area contributed by atoms with Crippen LogP contribution >= 0.6 is 11.6 Å². The Bertz CT molecular complexity index is 1360. The Morgan fingerprint density at radius 1 is 1.06 bits per heavy atom. The minimum absolute atomic E-state index is 0.478. The van der Waals surface area contributed by atoms with E-state index in [1.165, 1.54) is 0 Å². The van der Waals surface area contributed by atoms with Gasteiger partial charge < -0.3 is 5.32 Å². The Morgan fingerprint density at radius 3 is 2.84 bits per heavy atom. The number of nitrogens with one attached hydrogen (secondary N) is 1. The molecule has 0 aliphatic heterocycles. The van der Waals surface area contributed by atoms with Crippen molar-refractivity contribution in [1.29, 1.82) is 0 Å². The van der Waals surface area contributed by atoms with Gasteiger partial charge in [0.25, 0.3) is 0 Å². The van der Waals surface area contributed by atoms with Crippen LogP contribution in [0.15, 0.2) is 61.1 Å². The molecule has 0 saturated heterocycles. The molecule has 31 heavy (non-hydrogen) atoms. The number of fused-ring (bicyclic) bond motifs is 1. The van der Waals surface area contributed by atoms with E-state index in [4.69, 9.17) is 11.6 Å². The zero-order valence-corrected chi connectivity index (χ0v) is 17.4. The Morgan fingerprint density at radius 2 is 2.00 bits per heavy atom. The topological polar surface area (TPSA) is 99.2 Å². The van der Waals surface area contributed by atoms with Gasteiger partial charge >= 0.3 is 0 Å². The number of rotatable bonds is 6. The van der Waals surface area contributed by atoms with Gasteiger partial charge in [-0.1, -0.05) is 28.9 Å². The van der Waals surface area contributed by atoms with E-state index in [1.807, 2.05) is 49.5 Å². The molecule has 0 radical (unpaired) electrons. The van der Waals surface area contributed by atoms with Crippen molar-refractivity contribution >= 4 is 34.5 Å². The van der Waals surface area contributed by atoms with Crippen LogP contribution in [0, 0.1) is 0 Å². The number of aromatic nitrogens is 8. The Hall–Kier alpha value is -3.85. The van der Waals surface area contributed by atoms with Gasteiger partial charge in [-0.2, -0.15) is 5.10 Å². The molecule has 0 saturated carbocycles. The van der Waals surface area contributed by atoms with Crippen LogP contribution in [0.3, 0.4) is 0 Å². The van der Waals surface area contributed by atoms with E-state index in [1.54, 1.807) is 28.0 Å². The molecule has 5 aromatic rings. The molecule has 0 amide bonds.